The van der Waals surface area contributed by atoms with Crippen molar-refractivity contribution in [3.8, 4) is 0 Å². The van der Waals surface area contributed by atoms with E-state index in [1.807, 2.05) is 6.92 Å². The molecule has 0 bridgehead atoms. The number of hydrogen-bond acceptors (Lipinski definition) is 3. The molecule has 1 fully saturated rings. The maximum Gasteiger partial charge on any atom is 0.137 e. The molecule has 0 spiro atoms. The fourth-order valence-electron chi connectivity index (χ4n) is 4.47. The second kappa shape index (κ2) is 7.31. The minimum Gasteiger partial charge on any atom is -0.299 e. The van der Waals surface area contributed by atoms with Crippen molar-refractivity contribution in [1.82, 2.24) is 0 Å². The highest BCUT2D eigenvalue weighted by atomic mass is 17.1. The quantitative estimate of drug-likeness (QED) is 0.433. The normalized spacial score (nSPS) is 38.6. The molecule has 0 radical (unpaired) electrons. The van der Waals surface area contributed by atoms with Gasteiger partial charge in [-0.1, -0.05) is 38.5 Å². The predicted octanol–water partition coefficient (Wildman–Crippen LogP) is 5.18. The van der Waals surface area contributed by atoms with Crippen LogP contribution in [0.2, 0.25) is 0 Å². The molecular formula is C20H32O3. The molecule has 0 heterocycles. The van der Waals surface area contributed by atoms with Gasteiger partial charge in [0.05, 0.1) is 0 Å². The molecule has 0 aromatic heterocycles. The lowest BCUT2D eigenvalue weighted by molar-refractivity contribution is -0.269. The molecule has 0 saturated heterocycles. The number of allylic oxidation sites excluding steroid dienone is 3. The van der Waals surface area contributed by atoms with Gasteiger partial charge in [-0.05, 0) is 62.4 Å². The zero-order chi connectivity index (χ0) is 17.2. The third-order valence-corrected chi connectivity index (χ3v) is 6.04. The lowest BCUT2D eigenvalue weighted by atomic mass is 9.70. The first-order valence-corrected chi connectivity index (χ1v) is 8.93. The molecule has 4 atom stereocenters. The Morgan fingerprint density at radius 3 is 2.61 bits per heavy atom. The average Bonchev–Trinajstić information content (AvgIpc) is 2.73. The molecule has 1 unspecified atom stereocenters. The molecule has 23 heavy (non-hydrogen) atoms. The molecule has 0 aromatic carbocycles. The molecule has 1 N–H and O–H groups in total. The van der Waals surface area contributed by atoms with Crippen LogP contribution in [0.25, 0.3) is 0 Å². The van der Waals surface area contributed by atoms with Crippen LogP contribution in [0.1, 0.15) is 66.7 Å². The smallest absolute Gasteiger partial charge is 0.137 e. The van der Waals surface area contributed by atoms with E-state index in [1.165, 1.54) is 5.57 Å². The van der Waals surface area contributed by atoms with Crippen LogP contribution in [0.5, 0.6) is 0 Å². The highest BCUT2D eigenvalue weighted by Crippen LogP contribution is 2.52. The molecule has 3 heteroatoms. The maximum atomic E-state index is 12.6. The van der Waals surface area contributed by atoms with Crippen molar-refractivity contribution in [3.63, 3.8) is 0 Å². The Bertz CT molecular complexity index is 503. The first kappa shape index (κ1) is 18.4. The molecule has 3 nitrogen and oxygen atoms in total. The highest BCUT2D eigenvalue weighted by Gasteiger charge is 2.49. The summed E-state index contributed by atoms with van der Waals surface area (Å²) in [5.74, 6) is 1.32. The predicted molar refractivity (Wildman–Crippen MR) is 93.0 cm³/mol. The van der Waals surface area contributed by atoms with Crippen LogP contribution in [0.4, 0.5) is 0 Å². The van der Waals surface area contributed by atoms with Gasteiger partial charge >= 0.3 is 0 Å². The van der Waals surface area contributed by atoms with Crippen LogP contribution >= 0.6 is 0 Å². The van der Waals surface area contributed by atoms with E-state index in [-0.39, 0.29) is 17.4 Å². The van der Waals surface area contributed by atoms with E-state index in [1.54, 1.807) is 0 Å². The number of rotatable bonds is 2. The van der Waals surface area contributed by atoms with Crippen LogP contribution in [0.15, 0.2) is 23.3 Å². The van der Waals surface area contributed by atoms with Crippen molar-refractivity contribution in [2.75, 3.05) is 0 Å². The maximum absolute atomic E-state index is 12.6. The highest BCUT2D eigenvalue weighted by molar-refractivity contribution is 5.85. The zero-order valence-electron chi connectivity index (χ0n) is 15.3. The van der Waals surface area contributed by atoms with Crippen LogP contribution < -0.4 is 0 Å². The molecule has 1 saturated carbocycles. The fraction of sp³-hybridized carbons (Fsp3) is 0.750. The topological polar surface area (TPSA) is 46.5 Å². The Kier molecular flexibility index (Phi) is 5.85. The average molecular weight is 320 g/mol. The van der Waals surface area contributed by atoms with Gasteiger partial charge < -0.3 is 0 Å². The number of hydrogen-bond donors (Lipinski definition) is 1. The molecule has 0 aliphatic heterocycles. The minimum absolute atomic E-state index is 0.0456. The monoisotopic (exact) mass is 320 g/mol. The summed E-state index contributed by atoms with van der Waals surface area (Å²) in [5.41, 5.74) is 2.44. The number of ketones is 1. The first-order chi connectivity index (χ1) is 10.8. The Morgan fingerprint density at radius 2 is 2.00 bits per heavy atom. The fourth-order valence-corrected chi connectivity index (χ4v) is 4.47. The lowest BCUT2D eigenvalue weighted by Gasteiger charge is -2.33. The van der Waals surface area contributed by atoms with Gasteiger partial charge in [0.25, 0.3) is 0 Å². The second-order valence-corrected chi connectivity index (χ2v) is 8.24. The van der Waals surface area contributed by atoms with Crippen molar-refractivity contribution >= 4 is 5.78 Å². The summed E-state index contributed by atoms with van der Waals surface area (Å²) in [4.78, 5) is 17.3. The zero-order valence-corrected chi connectivity index (χ0v) is 15.3. The van der Waals surface area contributed by atoms with Gasteiger partial charge in [-0.2, -0.15) is 0 Å². The summed E-state index contributed by atoms with van der Waals surface area (Å²) in [6.07, 6.45) is 8.53. The van der Waals surface area contributed by atoms with E-state index >= 15 is 0 Å². The van der Waals surface area contributed by atoms with Gasteiger partial charge in [-0.25, -0.2) is 4.89 Å². The SMILES string of the molecule is CC1=CC[C@]2(C)CC(=O)C(C(C)C)[C@H]2C/C=C(\C)[C@H](OO)CC1. The van der Waals surface area contributed by atoms with Crippen LogP contribution in [-0.4, -0.2) is 17.1 Å². The van der Waals surface area contributed by atoms with Gasteiger partial charge in [0.1, 0.15) is 11.9 Å². The van der Waals surface area contributed by atoms with Crippen molar-refractivity contribution in [2.45, 2.75) is 72.8 Å². The number of fused-ring (bicyclic) bond motifs is 1. The van der Waals surface area contributed by atoms with Crippen molar-refractivity contribution in [3.05, 3.63) is 23.3 Å². The molecule has 2 aliphatic carbocycles. The summed E-state index contributed by atoms with van der Waals surface area (Å²) in [6, 6.07) is 0. The summed E-state index contributed by atoms with van der Waals surface area (Å²) in [6.45, 7) is 10.8. The van der Waals surface area contributed by atoms with Gasteiger partial charge in [0.2, 0.25) is 0 Å². The Hall–Kier alpha value is -0.930. The number of carbonyl (C=O) groups is 1. The summed E-state index contributed by atoms with van der Waals surface area (Å²) >= 11 is 0. The minimum atomic E-state index is -0.239. The van der Waals surface area contributed by atoms with E-state index in [0.717, 1.165) is 31.3 Å². The van der Waals surface area contributed by atoms with Gasteiger partial charge in [0.15, 0.2) is 0 Å². The lowest BCUT2D eigenvalue weighted by Crippen LogP contribution is -2.28. The Balaban J connectivity index is 2.38. The summed E-state index contributed by atoms with van der Waals surface area (Å²) in [5, 5.41) is 9.20. The van der Waals surface area contributed by atoms with Crippen LogP contribution in [0.3, 0.4) is 0 Å². The molecule has 130 valence electrons. The first-order valence-electron chi connectivity index (χ1n) is 8.93. The van der Waals surface area contributed by atoms with Gasteiger partial charge in [0, 0.05) is 12.3 Å². The van der Waals surface area contributed by atoms with E-state index < -0.39 is 0 Å². The molecule has 0 amide bonds. The van der Waals surface area contributed by atoms with E-state index in [9.17, 15) is 10.1 Å². The van der Waals surface area contributed by atoms with Crippen LogP contribution in [-0.2, 0) is 9.68 Å². The standard InChI is InChI=1S/C20H32O3/c1-13(2)19-16-8-7-15(4)18(23-22)9-6-14(3)10-11-20(16,5)12-17(19)21/h7,10,13,16,18-19,22H,6,8-9,11-12H2,1-5H3/b14-10?,15-7+/t16-,18-,19?,20-/m1/s1. The largest absolute Gasteiger partial charge is 0.299 e. The number of Topliss-reactive ketones (excluding diaryl/α,β-unsaturated/α-hetero) is 1. The molecule has 0 aromatic rings. The third kappa shape index (κ3) is 3.95. The van der Waals surface area contributed by atoms with E-state index in [0.29, 0.717) is 24.0 Å². The molecule has 2 rings (SSSR count). The summed E-state index contributed by atoms with van der Waals surface area (Å²) in [7, 11) is 0. The molecule has 2 aliphatic rings. The van der Waals surface area contributed by atoms with Crippen molar-refractivity contribution in [1.29, 1.82) is 0 Å². The van der Waals surface area contributed by atoms with Gasteiger partial charge in [-0.15, -0.1) is 0 Å². The third-order valence-electron chi connectivity index (χ3n) is 6.04. The van der Waals surface area contributed by atoms with E-state index in [2.05, 4.69) is 39.8 Å². The van der Waals surface area contributed by atoms with Crippen LogP contribution in [0, 0.1) is 23.2 Å². The Labute approximate surface area is 140 Å². The van der Waals surface area contributed by atoms with Gasteiger partial charge in [-0.3, -0.25) is 10.1 Å². The Morgan fingerprint density at radius 1 is 1.30 bits per heavy atom. The molecular weight excluding hydrogens is 288 g/mol. The van der Waals surface area contributed by atoms with Crippen molar-refractivity contribution in [2.24, 2.45) is 23.2 Å². The van der Waals surface area contributed by atoms with E-state index in [4.69, 9.17) is 4.89 Å². The summed E-state index contributed by atoms with van der Waals surface area (Å²) < 4.78 is 0. The van der Waals surface area contributed by atoms with Crippen molar-refractivity contribution < 1.29 is 14.9 Å². The second-order valence-electron chi connectivity index (χ2n) is 8.24. The number of carbonyl (C=O) groups excluding carboxylic acids is 1.